The van der Waals surface area contributed by atoms with Crippen molar-refractivity contribution in [3.8, 4) is 0 Å². The number of imidazole rings is 1. The van der Waals surface area contributed by atoms with Gasteiger partial charge in [0.25, 0.3) is 0 Å². The number of amides is 1. The zero-order valence-corrected chi connectivity index (χ0v) is 25.1. The van der Waals surface area contributed by atoms with Gasteiger partial charge < -0.3 is 14.4 Å². The summed E-state index contributed by atoms with van der Waals surface area (Å²) in [4.78, 5) is 36.6. The molecule has 0 N–H and O–H groups in total. The van der Waals surface area contributed by atoms with Gasteiger partial charge in [0.1, 0.15) is 6.61 Å². The second kappa shape index (κ2) is 13.9. The second-order valence-electron chi connectivity index (χ2n) is 11.4. The molecule has 42 heavy (non-hydrogen) atoms. The summed E-state index contributed by atoms with van der Waals surface area (Å²) < 4.78 is 15.3. The SMILES string of the molecule is CCCCC(CC)CCC(=O)OCn1ccc2c1ncc1ncc([C@H]3CN(C(=O)OCc4ccccc4)C[C@H]3CC)n12. The number of carbonyl (C=O) groups is 2. The third-order valence-electron chi connectivity index (χ3n) is 8.75. The average Bonchev–Trinajstić information content (AvgIpc) is 3.75. The molecule has 0 aliphatic carbocycles. The highest BCUT2D eigenvalue weighted by Gasteiger charge is 2.37. The molecule has 0 spiro atoms. The van der Waals surface area contributed by atoms with Gasteiger partial charge in [-0.1, -0.05) is 83.2 Å². The number of fused-ring (bicyclic) bond motifs is 3. The van der Waals surface area contributed by atoms with E-state index in [1.165, 1.54) is 19.3 Å². The topological polar surface area (TPSA) is 91.0 Å². The van der Waals surface area contributed by atoms with Crippen molar-refractivity contribution in [3.05, 3.63) is 66.2 Å². The van der Waals surface area contributed by atoms with Crippen LogP contribution in [0, 0.1) is 11.8 Å². The summed E-state index contributed by atoms with van der Waals surface area (Å²) in [6.45, 7) is 8.15. The molecule has 3 atom stereocenters. The Morgan fingerprint density at radius 2 is 1.83 bits per heavy atom. The highest BCUT2D eigenvalue weighted by Crippen LogP contribution is 2.36. The van der Waals surface area contributed by atoms with Crippen LogP contribution in [0.25, 0.3) is 16.8 Å². The summed E-state index contributed by atoms with van der Waals surface area (Å²) in [6, 6.07) is 11.7. The van der Waals surface area contributed by atoms with E-state index in [0.717, 1.165) is 47.3 Å². The van der Waals surface area contributed by atoms with Crippen LogP contribution in [-0.4, -0.2) is 49.0 Å². The fourth-order valence-electron chi connectivity index (χ4n) is 6.15. The van der Waals surface area contributed by atoms with Crippen LogP contribution >= 0.6 is 0 Å². The van der Waals surface area contributed by atoms with Crippen molar-refractivity contribution in [2.45, 2.75) is 85.0 Å². The van der Waals surface area contributed by atoms with Gasteiger partial charge in [0.15, 0.2) is 18.0 Å². The maximum absolute atomic E-state index is 13.0. The van der Waals surface area contributed by atoms with Gasteiger partial charge in [-0.05, 0) is 29.9 Å². The highest BCUT2D eigenvalue weighted by atomic mass is 16.6. The Bertz CT molecular complexity index is 1480. The monoisotopic (exact) mass is 573 g/mol. The van der Waals surface area contributed by atoms with Crippen molar-refractivity contribution in [2.24, 2.45) is 11.8 Å². The molecule has 9 nitrogen and oxygen atoms in total. The average molecular weight is 574 g/mol. The first-order valence-electron chi connectivity index (χ1n) is 15.4. The number of ether oxygens (including phenoxy) is 2. The molecule has 1 fully saturated rings. The first-order valence-corrected chi connectivity index (χ1v) is 15.4. The van der Waals surface area contributed by atoms with Crippen molar-refractivity contribution in [1.82, 2.24) is 23.8 Å². The lowest BCUT2D eigenvalue weighted by Crippen LogP contribution is -2.29. The molecule has 3 aromatic heterocycles. The number of likely N-dealkylation sites (tertiary alicyclic amines) is 1. The van der Waals surface area contributed by atoms with Crippen LogP contribution < -0.4 is 0 Å². The van der Waals surface area contributed by atoms with Crippen molar-refractivity contribution < 1.29 is 19.1 Å². The lowest BCUT2D eigenvalue weighted by Gasteiger charge is -2.17. The van der Waals surface area contributed by atoms with Gasteiger partial charge in [-0.15, -0.1) is 0 Å². The lowest BCUT2D eigenvalue weighted by molar-refractivity contribution is -0.147. The molecule has 224 valence electrons. The maximum Gasteiger partial charge on any atom is 0.410 e. The molecular formula is C33H43N5O4. The Labute approximate surface area is 247 Å². The molecule has 1 aliphatic heterocycles. The smallest absolute Gasteiger partial charge is 0.410 e. The Morgan fingerprint density at radius 3 is 2.60 bits per heavy atom. The molecule has 0 saturated carbocycles. The van der Waals surface area contributed by atoms with Gasteiger partial charge in [-0.2, -0.15) is 0 Å². The van der Waals surface area contributed by atoms with Gasteiger partial charge in [0.2, 0.25) is 0 Å². The van der Waals surface area contributed by atoms with E-state index in [2.05, 4.69) is 35.1 Å². The van der Waals surface area contributed by atoms with E-state index in [1.807, 2.05) is 58.3 Å². The number of unbranched alkanes of at least 4 members (excludes halogenated alkanes) is 1. The fraction of sp³-hybridized carbons (Fsp3) is 0.515. The van der Waals surface area contributed by atoms with E-state index in [0.29, 0.717) is 25.4 Å². The van der Waals surface area contributed by atoms with Crippen molar-refractivity contribution in [3.63, 3.8) is 0 Å². The maximum atomic E-state index is 13.0. The largest absolute Gasteiger partial charge is 0.445 e. The first kappa shape index (κ1) is 29.6. The zero-order chi connectivity index (χ0) is 29.5. The fourth-order valence-corrected chi connectivity index (χ4v) is 6.15. The molecule has 0 bridgehead atoms. The third kappa shape index (κ3) is 6.61. The molecule has 4 aromatic rings. The molecule has 0 radical (unpaired) electrons. The summed E-state index contributed by atoms with van der Waals surface area (Å²) in [5.41, 5.74) is 4.41. The second-order valence-corrected chi connectivity index (χ2v) is 11.4. The summed E-state index contributed by atoms with van der Waals surface area (Å²) in [5.74, 6) is 0.792. The van der Waals surface area contributed by atoms with E-state index in [-0.39, 0.29) is 37.2 Å². The van der Waals surface area contributed by atoms with Crippen LogP contribution in [0.3, 0.4) is 0 Å². The number of hydrogen-bond donors (Lipinski definition) is 0. The minimum absolute atomic E-state index is 0.111. The molecule has 5 rings (SSSR count). The molecule has 9 heteroatoms. The van der Waals surface area contributed by atoms with Crippen LogP contribution in [0.2, 0.25) is 0 Å². The highest BCUT2D eigenvalue weighted by molar-refractivity contribution is 5.76. The number of hydrogen-bond acceptors (Lipinski definition) is 6. The molecule has 1 aliphatic rings. The summed E-state index contributed by atoms with van der Waals surface area (Å²) >= 11 is 0. The summed E-state index contributed by atoms with van der Waals surface area (Å²) in [6.07, 6.45) is 12.2. The van der Waals surface area contributed by atoms with Gasteiger partial charge in [-0.3, -0.25) is 13.8 Å². The lowest BCUT2D eigenvalue weighted by atomic mass is 9.91. The van der Waals surface area contributed by atoms with Crippen LogP contribution in [0.5, 0.6) is 0 Å². The number of carbonyl (C=O) groups excluding carboxylic acids is 2. The predicted octanol–water partition coefficient (Wildman–Crippen LogP) is 6.94. The van der Waals surface area contributed by atoms with E-state index >= 15 is 0 Å². The molecule has 1 amide bonds. The zero-order valence-electron chi connectivity index (χ0n) is 25.1. The predicted molar refractivity (Wildman–Crippen MR) is 162 cm³/mol. The van der Waals surface area contributed by atoms with Crippen molar-refractivity contribution >= 4 is 28.9 Å². The minimum Gasteiger partial charge on any atom is -0.445 e. The van der Waals surface area contributed by atoms with E-state index in [9.17, 15) is 9.59 Å². The Hall–Kier alpha value is -3.88. The van der Waals surface area contributed by atoms with Crippen LogP contribution in [-0.2, 0) is 27.6 Å². The van der Waals surface area contributed by atoms with Gasteiger partial charge >= 0.3 is 12.1 Å². The molecule has 1 saturated heterocycles. The summed E-state index contributed by atoms with van der Waals surface area (Å²) in [5, 5.41) is 0. The Morgan fingerprint density at radius 1 is 1.00 bits per heavy atom. The molecular weight excluding hydrogens is 530 g/mol. The normalized spacial score (nSPS) is 17.6. The van der Waals surface area contributed by atoms with E-state index in [1.54, 1.807) is 6.20 Å². The quantitative estimate of drug-likeness (QED) is 0.161. The number of esters is 1. The molecule has 4 heterocycles. The Kier molecular flexibility index (Phi) is 9.77. The number of rotatable bonds is 13. The molecule has 1 unspecified atom stereocenters. The standard InChI is InChI=1S/C33H43N5O4/c1-4-7-11-24(5-2)14-15-31(39)42-23-36-17-16-28-32(36)35-19-30-34-18-29(38(28)30)27-21-37(20-26(27)6-3)33(40)41-22-25-12-9-8-10-13-25/h8-10,12-13,16-19,24,26-27H,4-7,11,14-15,20-23H2,1-3H3/t24?,26-,27+/m1/s1. The number of nitrogens with zero attached hydrogens (tertiary/aromatic N) is 5. The Balaban J connectivity index is 1.27. The van der Waals surface area contributed by atoms with E-state index < -0.39 is 0 Å². The van der Waals surface area contributed by atoms with Gasteiger partial charge in [0.05, 0.1) is 11.7 Å². The number of benzene rings is 1. The summed E-state index contributed by atoms with van der Waals surface area (Å²) in [7, 11) is 0. The van der Waals surface area contributed by atoms with Crippen molar-refractivity contribution in [2.75, 3.05) is 13.1 Å². The van der Waals surface area contributed by atoms with Crippen LogP contribution in [0.15, 0.2) is 55.0 Å². The minimum atomic E-state index is -0.288. The van der Waals surface area contributed by atoms with Crippen LogP contribution in [0.4, 0.5) is 4.79 Å². The van der Waals surface area contributed by atoms with E-state index in [4.69, 9.17) is 9.47 Å². The van der Waals surface area contributed by atoms with Gasteiger partial charge in [-0.25, -0.2) is 14.8 Å². The molecule has 1 aromatic carbocycles. The first-order chi connectivity index (χ1) is 20.5. The van der Waals surface area contributed by atoms with Crippen LogP contribution in [0.1, 0.15) is 82.9 Å². The van der Waals surface area contributed by atoms with Crippen molar-refractivity contribution in [1.29, 1.82) is 0 Å². The van der Waals surface area contributed by atoms with Gasteiger partial charge in [0, 0.05) is 43.5 Å². The third-order valence-corrected chi connectivity index (χ3v) is 8.75. The number of aromatic nitrogens is 4.